The number of nitrogen functional groups attached to an aromatic ring is 1. The third-order valence-corrected chi connectivity index (χ3v) is 6.20. The van der Waals surface area contributed by atoms with Crippen molar-refractivity contribution in [3.05, 3.63) is 35.4 Å². The van der Waals surface area contributed by atoms with E-state index >= 15 is 0 Å². The van der Waals surface area contributed by atoms with E-state index in [-0.39, 0.29) is 12.5 Å². The number of aryl methyl sites for hydroxylation is 1. The molecule has 7 nitrogen and oxygen atoms in total. The summed E-state index contributed by atoms with van der Waals surface area (Å²) in [6.07, 6.45) is 6.44. The number of amides is 1. The molecule has 0 saturated carbocycles. The number of carbonyl (C=O) groups is 1. The number of rotatable bonds is 6. The second kappa shape index (κ2) is 11.9. The van der Waals surface area contributed by atoms with Gasteiger partial charge in [-0.25, -0.2) is 9.97 Å². The number of piperidine rings is 1. The van der Waals surface area contributed by atoms with Crippen LogP contribution in [0.15, 0.2) is 29.4 Å². The van der Waals surface area contributed by atoms with E-state index in [0.717, 1.165) is 25.1 Å². The first-order valence-electron chi connectivity index (χ1n) is 11.2. The molecule has 1 amide bonds. The quantitative estimate of drug-likeness (QED) is 0.349. The minimum atomic E-state index is -0.126. The molecule has 0 atom stereocenters. The molecule has 168 valence electrons. The maximum absolute atomic E-state index is 11.2. The van der Waals surface area contributed by atoms with Gasteiger partial charge in [-0.15, -0.1) is 0 Å². The second-order valence-corrected chi connectivity index (χ2v) is 9.11. The van der Waals surface area contributed by atoms with E-state index in [2.05, 4.69) is 63.6 Å². The van der Waals surface area contributed by atoms with Gasteiger partial charge in [-0.05, 0) is 44.8 Å². The zero-order valence-corrected chi connectivity index (χ0v) is 19.4. The van der Waals surface area contributed by atoms with Gasteiger partial charge in [0.1, 0.15) is 5.69 Å². The Kier molecular flexibility index (Phi) is 8.97. The molecule has 2 aliphatic heterocycles. The largest absolute Gasteiger partial charge is 0.382 e. The first-order valence-corrected chi connectivity index (χ1v) is 12.2. The lowest BCUT2D eigenvalue weighted by molar-refractivity contribution is -0.114. The molecule has 4 rings (SSSR count). The zero-order valence-electron chi connectivity index (χ0n) is 18.6. The first kappa shape index (κ1) is 23.3. The van der Waals surface area contributed by atoms with Crippen LogP contribution in [0.1, 0.15) is 50.2 Å². The molecule has 0 radical (unpaired) electrons. The van der Waals surface area contributed by atoms with E-state index in [1.54, 1.807) is 11.8 Å². The van der Waals surface area contributed by atoms with Crippen molar-refractivity contribution < 1.29 is 4.79 Å². The van der Waals surface area contributed by atoms with E-state index in [4.69, 9.17) is 5.73 Å². The molecule has 8 heteroatoms. The minimum absolute atomic E-state index is 0.126. The van der Waals surface area contributed by atoms with Gasteiger partial charge in [0, 0.05) is 12.3 Å². The summed E-state index contributed by atoms with van der Waals surface area (Å²) in [5, 5.41) is 6.24. The Bertz CT molecular complexity index is 869. The number of anilines is 3. The summed E-state index contributed by atoms with van der Waals surface area (Å²) in [4.78, 5) is 22.2. The van der Waals surface area contributed by atoms with E-state index in [1.165, 1.54) is 43.5 Å². The zero-order chi connectivity index (χ0) is 22.1. The summed E-state index contributed by atoms with van der Waals surface area (Å²) < 4.78 is 0. The van der Waals surface area contributed by atoms with Crippen LogP contribution in [0.5, 0.6) is 0 Å². The number of hydrogen-bond donors (Lipinski definition) is 3. The van der Waals surface area contributed by atoms with Crippen molar-refractivity contribution in [1.82, 2.24) is 14.9 Å². The number of fused-ring (bicyclic) bond motifs is 1. The van der Waals surface area contributed by atoms with Gasteiger partial charge < -0.3 is 16.4 Å². The molecule has 2 aromatic rings. The lowest BCUT2D eigenvalue weighted by Gasteiger charge is -2.26. The number of thioether (sulfide) groups is 1. The summed E-state index contributed by atoms with van der Waals surface area (Å²) in [5.74, 6) is 1.77. The van der Waals surface area contributed by atoms with Gasteiger partial charge in [0.25, 0.3) is 0 Å². The third-order valence-electron chi connectivity index (χ3n) is 5.26. The number of nitrogens with zero attached hydrogens (tertiary/aromatic N) is 3. The van der Waals surface area contributed by atoms with Gasteiger partial charge in [0.2, 0.25) is 5.91 Å². The lowest BCUT2D eigenvalue weighted by Crippen LogP contribution is -2.29. The first-order chi connectivity index (χ1) is 15.0. The molecule has 1 saturated heterocycles. The number of unbranched alkanes of at least 4 members (excludes halogenated alkanes) is 1. The van der Waals surface area contributed by atoms with Crippen LogP contribution in [0, 0.1) is 6.92 Å². The highest BCUT2D eigenvalue weighted by Gasteiger charge is 2.20. The molecule has 0 unspecified atom stereocenters. The molecule has 4 N–H and O–H groups in total. The van der Waals surface area contributed by atoms with Crippen molar-refractivity contribution >= 4 is 35.0 Å². The standard InChI is InChI=1S/C13H19N.C10H15N5OS/c1-12-6-5-7-13(10-12)11-14-8-3-2-4-9-14;1-2-3-4-17-10-14-8(11)7-9(15-10)12-5-6(16)13-7/h5-7,10H,2-4,8-9,11H2,1H3;2-5H2,1H3,(H,13,16)(H3,11,12,14,15). The van der Waals surface area contributed by atoms with Crippen molar-refractivity contribution in [2.75, 3.05) is 41.8 Å². The normalized spacial score (nSPS) is 15.9. The smallest absolute Gasteiger partial charge is 0.243 e. The van der Waals surface area contributed by atoms with Crippen molar-refractivity contribution in [3.63, 3.8) is 0 Å². The van der Waals surface area contributed by atoms with Crippen molar-refractivity contribution in [1.29, 1.82) is 0 Å². The van der Waals surface area contributed by atoms with Gasteiger partial charge in [-0.3, -0.25) is 9.69 Å². The van der Waals surface area contributed by atoms with Gasteiger partial charge in [0.05, 0.1) is 6.54 Å². The molecule has 31 heavy (non-hydrogen) atoms. The molecule has 0 spiro atoms. The van der Waals surface area contributed by atoms with Crippen LogP contribution in [0.2, 0.25) is 0 Å². The van der Waals surface area contributed by atoms with E-state index < -0.39 is 0 Å². The Balaban J connectivity index is 0.000000179. The minimum Gasteiger partial charge on any atom is -0.382 e. The molecular weight excluding hydrogens is 408 g/mol. The van der Waals surface area contributed by atoms with Gasteiger partial charge in [-0.1, -0.05) is 61.4 Å². The molecule has 1 fully saturated rings. The Labute approximate surface area is 189 Å². The molecule has 3 heterocycles. The summed E-state index contributed by atoms with van der Waals surface area (Å²) in [6, 6.07) is 8.87. The van der Waals surface area contributed by atoms with Crippen LogP contribution < -0.4 is 16.4 Å². The highest BCUT2D eigenvalue weighted by molar-refractivity contribution is 7.99. The van der Waals surface area contributed by atoms with Gasteiger partial charge >= 0.3 is 0 Å². The lowest BCUT2D eigenvalue weighted by atomic mass is 10.1. The predicted octanol–water partition coefficient (Wildman–Crippen LogP) is 4.30. The van der Waals surface area contributed by atoms with Crippen LogP contribution in [0.3, 0.4) is 0 Å². The predicted molar refractivity (Wildman–Crippen MR) is 130 cm³/mol. The van der Waals surface area contributed by atoms with E-state index in [9.17, 15) is 4.79 Å². The summed E-state index contributed by atoms with van der Waals surface area (Å²) in [5.41, 5.74) is 9.12. The number of nitrogens with one attached hydrogen (secondary N) is 2. The topological polar surface area (TPSA) is 96.2 Å². The molecule has 1 aromatic heterocycles. The Morgan fingerprint density at radius 1 is 1.19 bits per heavy atom. The average molecular weight is 443 g/mol. The van der Waals surface area contributed by atoms with Crippen LogP contribution in [-0.4, -0.2) is 46.2 Å². The van der Waals surface area contributed by atoms with E-state index in [0.29, 0.717) is 22.5 Å². The highest BCUT2D eigenvalue weighted by atomic mass is 32.2. The fraction of sp³-hybridized carbons (Fsp3) is 0.522. The van der Waals surface area contributed by atoms with E-state index in [1.807, 2.05) is 0 Å². The summed E-state index contributed by atoms with van der Waals surface area (Å²) in [6.45, 7) is 8.24. The Morgan fingerprint density at radius 2 is 2.00 bits per heavy atom. The fourth-order valence-corrected chi connectivity index (χ4v) is 4.55. The van der Waals surface area contributed by atoms with Crippen molar-refractivity contribution in [2.45, 2.75) is 57.7 Å². The molecule has 2 aliphatic rings. The molecule has 0 bridgehead atoms. The number of hydrogen-bond acceptors (Lipinski definition) is 7. The Hall–Kier alpha value is -2.32. The molecule has 0 aliphatic carbocycles. The monoisotopic (exact) mass is 442 g/mol. The maximum atomic E-state index is 11.2. The third kappa shape index (κ3) is 7.40. The number of carbonyl (C=O) groups excluding carboxylic acids is 1. The number of nitrogens with two attached hydrogens (primary N) is 1. The average Bonchev–Trinajstić information content (AvgIpc) is 2.76. The van der Waals surface area contributed by atoms with Gasteiger partial charge in [-0.2, -0.15) is 0 Å². The molecule has 1 aromatic carbocycles. The van der Waals surface area contributed by atoms with Crippen molar-refractivity contribution in [2.24, 2.45) is 0 Å². The molecular formula is C23H34N6OS. The maximum Gasteiger partial charge on any atom is 0.243 e. The summed E-state index contributed by atoms with van der Waals surface area (Å²) in [7, 11) is 0. The van der Waals surface area contributed by atoms with Crippen LogP contribution in [-0.2, 0) is 11.3 Å². The summed E-state index contributed by atoms with van der Waals surface area (Å²) >= 11 is 1.58. The van der Waals surface area contributed by atoms with Gasteiger partial charge in [0.15, 0.2) is 16.8 Å². The van der Waals surface area contributed by atoms with Crippen LogP contribution in [0.4, 0.5) is 17.3 Å². The number of aromatic nitrogens is 2. The van der Waals surface area contributed by atoms with Crippen LogP contribution in [0.25, 0.3) is 0 Å². The number of likely N-dealkylation sites (tertiary alicyclic amines) is 1. The Morgan fingerprint density at radius 3 is 2.74 bits per heavy atom. The highest BCUT2D eigenvalue weighted by Crippen LogP contribution is 2.30. The van der Waals surface area contributed by atoms with Crippen molar-refractivity contribution in [3.8, 4) is 0 Å². The van der Waals surface area contributed by atoms with Crippen LogP contribution >= 0.6 is 11.8 Å². The SMILES string of the molecule is CCCCSc1nc(N)c2c(n1)NCC(=O)N2.Cc1cccc(CN2CCCCC2)c1. The fourth-order valence-electron chi connectivity index (χ4n) is 3.61. The second-order valence-electron chi connectivity index (χ2n) is 8.04. The number of benzene rings is 1.